The molecule has 22 heavy (non-hydrogen) atoms. The molecular formula is C16H18FN3O2. The number of anilines is 2. The van der Waals surface area contributed by atoms with E-state index in [1.54, 1.807) is 12.1 Å². The van der Waals surface area contributed by atoms with Crippen molar-refractivity contribution in [1.82, 2.24) is 9.97 Å². The van der Waals surface area contributed by atoms with Gasteiger partial charge in [-0.2, -0.15) is 0 Å². The van der Waals surface area contributed by atoms with Gasteiger partial charge in [0.15, 0.2) is 0 Å². The van der Waals surface area contributed by atoms with Gasteiger partial charge in [0.05, 0.1) is 5.52 Å². The molecule has 2 aromatic carbocycles. The van der Waals surface area contributed by atoms with Crippen molar-refractivity contribution in [2.24, 2.45) is 0 Å². The zero-order chi connectivity index (χ0) is 14.1. The summed E-state index contributed by atoms with van der Waals surface area (Å²) in [7, 11) is 0. The maximum Gasteiger partial charge on any atom is 0.141 e. The predicted octanol–water partition coefficient (Wildman–Crippen LogP) is 2.48. The normalized spacial score (nSPS) is 9.77. The minimum Gasteiger partial charge on any atom is -0.412 e. The first kappa shape index (κ1) is 17.5. The standard InChI is InChI=1S/C16H14FN3.2H2O/c1-10-7-14-15(8-11(10)2)18-9-19-16(14)20-13-5-3-12(17)4-6-13;;/h3-9H,1-2H3,(H,18,19,20);2*1H2. The molecule has 0 fully saturated rings. The van der Waals surface area contributed by atoms with Gasteiger partial charge >= 0.3 is 0 Å². The summed E-state index contributed by atoms with van der Waals surface area (Å²) in [6.45, 7) is 4.12. The lowest BCUT2D eigenvalue weighted by Gasteiger charge is -2.10. The van der Waals surface area contributed by atoms with Gasteiger partial charge in [0, 0.05) is 11.1 Å². The van der Waals surface area contributed by atoms with Crippen molar-refractivity contribution >= 4 is 22.4 Å². The largest absolute Gasteiger partial charge is 0.412 e. The van der Waals surface area contributed by atoms with Crippen LogP contribution in [0.5, 0.6) is 0 Å². The van der Waals surface area contributed by atoms with Crippen LogP contribution in [0.2, 0.25) is 0 Å². The molecule has 116 valence electrons. The highest BCUT2D eigenvalue weighted by Crippen LogP contribution is 2.25. The molecule has 0 bridgehead atoms. The Labute approximate surface area is 127 Å². The summed E-state index contributed by atoms with van der Waals surface area (Å²) in [4.78, 5) is 8.57. The van der Waals surface area contributed by atoms with Crippen LogP contribution in [-0.4, -0.2) is 20.9 Å². The number of nitrogens with zero attached hydrogens (tertiary/aromatic N) is 2. The second-order valence-electron chi connectivity index (χ2n) is 4.81. The molecule has 0 spiro atoms. The molecule has 0 amide bonds. The van der Waals surface area contributed by atoms with Crippen LogP contribution in [0.4, 0.5) is 15.9 Å². The molecule has 0 aliphatic heterocycles. The number of hydrogen-bond acceptors (Lipinski definition) is 3. The Morgan fingerprint density at radius 1 is 0.909 bits per heavy atom. The summed E-state index contributed by atoms with van der Waals surface area (Å²) in [6.07, 6.45) is 1.53. The van der Waals surface area contributed by atoms with Crippen LogP contribution < -0.4 is 5.32 Å². The second-order valence-corrected chi connectivity index (χ2v) is 4.81. The summed E-state index contributed by atoms with van der Waals surface area (Å²) in [5.41, 5.74) is 4.08. The average Bonchev–Trinajstić information content (AvgIpc) is 2.43. The Kier molecular flexibility index (Phi) is 5.50. The van der Waals surface area contributed by atoms with E-state index in [0.29, 0.717) is 0 Å². The number of aryl methyl sites for hydroxylation is 2. The van der Waals surface area contributed by atoms with Crippen LogP contribution in [0.15, 0.2) is 42.7 Å². The van der Waals surface area contributed by atoms with Crippen molar-refractivity contribution in [3.63, 3.8) is 0 Å². The smallest absolute Gasteiger partial charge is 0.141 e. The quantitative estimate of drug-likeness (QED) is 0.786. The fraction of sp³-hybridized carbons (Fsp3) is 0.125. The highest BCUT2D eigenvalue weighted by molar-refractivity contribution is 5.91. The molecule has 0 aliphatic carbocycles. The minimum atomic E-state index is -0.255. The van der Waals surface area contributed by atoms with Gasteiger partial charge in [0.2, 0.25) is 0 Å². The van der Waals surface area contributed by atoms with E-state index in [9.17, 15) is 4.39 Å². The molecule has 0 radical (unpaired) electrons. The SMILES string of the molecule is Cc1cc2ncnc(Nc3ccc(F)cc3)c2cc1C.O.O. The van der Waals surface area contributed by atoms with Crippen molar-refractivity contribution in [2.75, 3.05) is 5.32 Å². The molecule has 0 aliphatic rings. The highest BCUT2D eigenvalue weighted by Gasteiger charge is 2.06. The Morgan fingerprint density at radius 3 is 2.23 bits per heavy atom. The van der Waals surface area contributed by atoms with E-state index in [-0.39, 0.29) is 16.8 Å². The van der Waals surface area contributed by atoms with E-state index < -0.39 is 0 Å². The Bertz CT molecular complexity index is 776. The third-order valence-electron chi connectivity index (χ3n) is 3.36. The molecule has 5 nitrogen and oxygen atoms in total. The second kappa shape index (κ2) is 6.93. The van der Waals surface area contributed by atoms with Gasteiger partial charge in [-0.3, -0.25) is 0 Å². The first-order chi connectivity index (χ1) is 9.63. The summed E-state index contributed by atoms with van der Waals surface area (Å²) in [6, 6.07) is 10.3. The maximum atomic E-state index is 12.9. The fourth-order valence-electron chi connectivity index (χ4n) is 2.09. The number of rotatable bonds is 2. The van der Waals surface area contributed by atoms with Gasteiger partial charge in [0.25, 0.3) is 0 Å². The Balaban J connectivity index is 0.00000121. The molecule has 6 heteroatoms. The predicted molar refractivity (Wildman–Crippen MR) is 85.9 cm³/mol. The molecule has 1 heterocycles. The van der Waals surface area contributed by atoms with Crippen molar-refractivity contribution in [3.8, 4) is 0 Å². The summed E-state index contributed by atoms with van der Waals surface area (Å²) in [5, 5.41) is 4.16. The third-order valence-corrected chi connectivity index (χ3v) is 3.36. The van der Waals surface area contributed by atoms with Crippen LogP contribution in [0, 0.1) is 19.7 Å². The number of halogens is 1. The van der Waals surface area contributed by atoms with Crippen molar-refractivity contribution in [3.05, 3.63) is 59.7 Å². The molecule has 3 aromatic rings. The summed E-state index contributed by atoms with van der Waals surface area (Å²) < 4.78 is 12.9. The first-order valence-corrected chi connectivity index (χ1v) is 6.38. The highest BCUT2D eigenvalue weighted by atomic mass is 19.1. The van der Waals surface area contributed by atoms with Gasteiger partial charge in [-0.25, -0.2) is 14.4 Å². The zero-order valence-electron chi connectivity index (χ0n) is 12.3. The molecule has 0 unspecified atom stereocenters. The molecule has 0 saturated heterocycles. The lowest BCUT2D eigenvalue weighted by molar-refractivity contribution is 0.628. The van der Waals surface area contributed by atoms with Gasteiger partial charge in [0.1, 0.15) is 18.0 Å². The molecule has 0 atom stereocenters. The van der Waals surface area contributed by atoms with E-state index in [0.717, 1.165) is 22.4 Å². The van der Waals surface area contributed by atoms with Crippen LogP contribution >= 0.6 is 0 Å². The number of hydrogen-bond donors (Lipinski definition) is 1. The third kappa shape index (κ3) is 3.36. The van der Waals surface area contributed by atoms with Crippen molar-refractivity contribution in [2.45, 2.75) is 13.8 Å². The van der Waals surface area contributed by atoms with Gasteiger partial charge < -0.3 is 16.3 Å². The molecule has 0 saturated carbocycles. The van der Waals surface area contributed by atoms with Gasteiger partial charge in [-0.1, -0.05) is 0 Å². The van der Waals surface area contributed by atoms with E-state index >= 15 is 0 Å². The molecular weight excluding hydrogens is 285 g/mol. The van der Waals surface area contributed by atoms with Crippen LogP contribution in [0.3, 0.4) is 0 Å². The maximum absolute atomic E-state index is 12.9. The molecule has 1 aromatic heterocycles. The summed E-state index contributed by atoms with van der Waals surface area (Å²) in [5.74, 6) is 0.472. The van der Waals surface area contributed by atoms with E-state index in [1.807, 2.05) is 6.07 Å². The molecule has 5 N–H and O–H groups in total. The van der Waals surface area contributed by atoms with Crippen molar-refractivity contribution < 1.29 is 15.3 Å². The summed E-state index contributed by atoms with van der Waals surface area (Å²) >= 11 is 0. The topological polar surface area (TPSA) is 101 Å². The van der Waals surface area contributed by atoms with Crippen LogP contribution in [0.1, 0.15) is 11.1 Å². The van der Waals surface area contributed by atoms with E-state index in [4.69, 9.17) is 0 Å². The monoisotopic (exact) mass is 303 g/mol. The number of benzene rings is 2. The van der Waals surface area contributed by atoms with E-state index in [2.05, 4.69) is 35.2 Å². The van der Waals surface area contributed by atoms with Gasteiger partial charge in [-0.15, -0.1) is 0 Å². The lowest BCUT2D eigenvalue weighted by atomic mass is 10.1. The Hall–Kier alpha value is -2.57. The number of fused-ring (bicyclic) bond motifs is 1. The molecule has 3 rings (SSSR count). The average molecular weight is 303 g/mol. The van der Waals surface area contributed by atoms with Crippen LogP contribution in [0.25, 0.3) is 10.9 Å². The van der Waals surface area contributed by atoms with Crippen molar-refractivity contribution in [1.29, 1.82) is 0 Å². The number of nitrogens with one attached hydrogen (secondary N) is 1. The van der Waals surface area contributed by atoms with Gasteiger partial charge in [-0.05, 0) is 61.4 Å². The van der Waals surface area contributed by atoms with E-state index in [1.165, 1.54) is 29.6 Å². The Morgan fingerprint density at radius 2 is 1.55 bits per heavy atom. The lowest BCUT2D eigenvalue weighted by Crippen LogP contribution is -1.97. The van der Waals surface area contributed by atoms with Crippen LogP contribution in [-0.2, 0) is 0 Å². The minimum absolute atomic E-state index is 0. The first-order valence-electron chi connectivity index (χ1n) is 6.38. The number of aromatic nitrogens is 2. The fourth-order valence-corrected chi connectivity index (χ4v) is 2.09. The zero-order valence-corrected chi connectivity index (χ0v) is 12.3.